The summed E-state index contributed by atoms with van der Waals surface area (Å²) < 4.78 is 27.0. The van der Waals surface area contributed by atoms with E-state index in [9.17, 15) is 8.78 Å². The van der Waals surface area contributed by atoms with Crippen molar-refractivity contribution in [3.63, 3.8) is 0 Å². The number of likely N-dealkylation sites (N-methyl/N-ethyl adjacent to an activating group) is 1. The summed E-state index contributed by atoms with van der Waals surface area (Å²) >= 11 is 12.1. The Morgan fingerprint density at radius 2 is 1.86 bits per heavy atom. The van der Waals surface area contributed by atoms with Crippen LogP contribution in [0.25, 0.3) is 0 Å². The Hall–Kier alpha value is -1.16. The van der Waals surface area contributed by atoms with Crippen molar-refractivity contribution in [3.05, 3.63) is 69.2 Å². The molecule has 0 fully saturated rings. The van der Waals surface area contributed by atoms with E-state index in [1.54, 1.807) is 18.2 Å². The van der Waals surface area contributed by atoms with Crippen LogP contribution >= 0.6 is 23.2 Å². The maximum Gasteiger partial charge on any atom is 0.130 e. The van der Waals surface area contributed by atoms with Gasteiger partial charge in [0.05, 0.1) is 0 Å². The molecule has 0 saturated carbocycles. The largest absolute Gasteiger partial charge is 0.310 e. The highest BCUT2D eigenvalue weighted by molar-refractivity contribution is 6.33. The molecule has 0 heterocycles. The van der Waals surface area contributed by atoms with Gasteiger partial charge in [0.1, 0.15) is 11.6 Å². The van der Waals surface area contributed by atoms with Crippen molar-refractivity contribution in [2.24, 2.45) is 0 Å². The first kappa shape index (κ1) is 16.2. The minimum absolute atomic E-state index is 0.299. The fraction of sp³-hybridized carbons (Fsp3) is 0.250. The van der Waals surface area contributed by atoms with Crippen molar-refractivity contribution >= 4 is 23.2 Å². The number of benzene rings is 2. The molecule has 0 amide bonds. The summed E-state index contributed by atoms with van der Waals surface area (Å²) in [5, 5.41) is 4.34. The molecule has 2 aromatic rings. The molecule has 0 spiro atoms. The summed E-state index contributed by atoms with van der Waals surface area (Å²) in [7, 11) is 0. The fourth-order valence-electron chi connectivity index (χ4n) is 2.24. The average Bonchev–Trinajstić information content (AvgIpc) is 2.42. The van der Waals surface area contributed by atoms with Crippen LogP contribution < -0.4 is 5.32 Å². The van der Waals surface area contributed by atoms with E-state index in [-0.39, 0.29) is 6.04 Å². The second kappa shape index (κ2) is 7.21. The molecule has 0 radical (unpaired) electrons. The Balaban J connectivity index is 2.32. The summed E-state index contributed by atoms with van der Waals surface area (Å²) in [5.74, 6) is -1.16. The predicted octanol–water partition coefficient (Wildman–Crippen LogP) is 5.16. The second-order valence-electron chi connectivity index (χ2n) is 4.72. The quantitative estimate of drug-likeness (QED) is 0.798. The number of hydrogen-bond acceptors (Lipinski definition) is 1. The van der Waals surface area contributed by atoms with Gasteiger partial charge >= 0.3 is 0 Å². The summed E-state index contributed by atoms with van der Waals surface area (Å²) in [4.78, 5) is 0. The number of halogens is 4. The lowest BCUT2D eigenvalue weighted by atomic mass is 9.98. The Kier molecular flexibility index (Phi) is 5.57. The lowest BCUT2D eigenvalue weighted by Gasteiger charge is -2.20. The van der Waals surface area contributed by atoms with Crippen LogP contribution in [0.5, 0.6) is 0 Å². The van der Waals surface area contributed by atoms with Crippen LogP contribution in [-0.2, 0) is 6.42 Å². The fourth-order valence-corrected chi connectivity index (χ4v) is 2.63. The first-order valence-corrected chi connectivity index (χ1v) is 7.39. The van der Waals surface area contributed by atoms with E-state index in [0.717, 1.165) is 11.6 Å². The molecule has 0 aliphatic carbocycles. The molecule has 1 nitrogen and oxygen atoms in total. The SMILES string of the molecule is CCNC(Cc1cc(Cl)ccc1Cl)c1ccc(F)cc1F. The minimum Gasteiger partial charge on any atom is -0.310 e. The van der Waals surface area contributed by atoms with Gasteiger partial charge < -0.3 is 5.32 Å². The molecule has 21 heavy (non-hydrogen) atoms. The summed E-state index contributed by atoms with van der Waals surface area (Å²) in [6, 6.07) is 8.47. The third-order valence-corrected chi connectivity index (χ3v) is 3.82. The molecule has 0 bridgehead atoms. The minimum atomic E-state index is -0.590. The molecule has 0 aliphatic heterocycles. The van der Waals surface area contributed by atoms with Gasteiger partial charge in [-0.1, -0.05) is 36.2 Å². The molecule has 2 aromatic carbocycles. The topological polar surface area (TPSA) is 12.0 Å². The molecule has 0 saturated heterocycles. The third-order valence-electron chi connectivity index (χ3n) is 3.22. The van der Waals surface area contributed by atoms with Crippen LogP contribution in [0.2, 0.25) is 10.0 Å². The average molecular weight is 330 g/mol. The van der Waals surface area contributed by atoms with Gasteiger partial charge in [-0.05, 0) is 42.8 Å². The Morgan fingerprint density at radius 3 is 2.52 bits per heavy atom. The van der Waals surface area contributed by atoms with Crippen LogP contribution in [-0.4, -0.2) is 6.54 Å². The molecule has 5 heteroatoms. The number of rotatable bonds is 5. The van der Waals surface area contributed by atoms with Crippen LogP contribution in [0.1, 0.15) is 24.1 Å². The second-order valence-corrected chi connectivity index (χ2v) is 5.56. The Bertz CT molecular complexity index is 632. The summed E-state index contributed by atoms with van der Waals surface area (Å²) in [5.41, 5.74) is 1.23. The van der Waals surface area contributed by atoms with Gasteiger partial charge in [-0.15, -0.1) is 0 Å². The van der Waals surface area contributed by atoms with E-state index < -0.39 is 11.6 Å². The molecule has 0 aliphatic rings. The van der Waals surface area contributed by atoms with Crippen molar-refractivity contribution < 1.29 is 8.78 Å². The lowest BCUT2D eigenvalue weighted by Crippen LogP contribution is -2.24. The smallest absolute Gasteiger partial charge is 0.130 e. The zero-order valence-corrected chi connectivity index (χ0v) is 13.0. The van der Waals surface area contributed by atoms with E-state index in [1.807, 2.05) is 6.92 Å². The highest BCUT2D eigenvalue weighted by atomic mass is 35.5. The maximum atomic E-state index is 14.0. The molecule has 1 atom stereocenters. The van der Waals surface area contributed by atoms with E-state index in [0.29, 0.717) is 28.6 Å². The Labute approximate surface area is 132 Å². The summed E-state index contributed by atoms with van der Waals surface area (Å²) in [6.45, 7) is 2.58. The van der Waals surface area contributed by atoms with Gasteiger partial charge in [-0.25, -0.2) is 8.78 Å². The van der Waals surface area contributed by atoms with Crippen LogP contribution in [0, 0.1) is 11.6 Å². The van der Waals surface area contributed by atoms with Gasteiger partial charge in [0.25, 0.3) is 0 Å². The molecular weight excluding hydrogens is 315 g/mol. The van der Waals surface area contributed by atoms with Crippen LogP contribution in [0.15, 0.2) is 36.4 Å². The van der Waals surface area contributed by atoms with Crippen molar-refractivity contribution in [3.8, 4) is 0 Å². The third kappa shape index (κ3) is 4.16. The van der Waals surface area contributed by atoms with E-state index >= 15 is 0 Å². The highest BCUT2D eigenvalue weighted by Gasteiger charge is 2.17. The molecule has 112 valence electrons. The van der Waals surface area contributed by atoms with Gasteiger partial charge in [0.2, 0.25) is 0 Å². The first-order chi connectivity index (χ1) is 10.0. The van der Waals surface area contributed by atoms with Gasteiger partial charge in [0, 0.05) is 27.7 Å². The highest BCUT2D eigenvalue weighted by Crippen LogP contribution is 2.27. The Morgan fingerprint density at radius 1 is 1.10 bits per heavy atom. The van der Waals surface area contributed by atoms with E-state index in [1.165, 1.54) is 12.1 Å². The molecule has 2 rings (SSSR count). The van der Waals surface area contributed by atoms with Crippen molar-refractivity contribution in [1.82, 2.24) is 5.32 Å². The van der Waals surface area contributed by atoms with Gasteiger partial charge in [0.15, 0.2) is 0 Å². The summed E-state index contributed by atoms with van der Waals surface area (Å²) in [6.07, 6.45) is 0.468. The zero-order chi connectivity index (χ0) is 15.4. The molecular formula is C16H15Cl2F2N. The standard InChI is InChI=1S/C16H15Cl2F2N/c1-2-21-16(13-5-4-12(19)9-15(13)20)8-10-7-11(17)3-6-14(10)18/h3-7,9,16,21H,2,8H2,1H3. The monoisotopic (exact) mass is 329 g/mol. The van der Waals surface area contributed by atoms with E-state index in [2.05, 4.69) is 5.32 Å². The van der Waals surface area contributed by atoms with Gasteiger partial charge in [-0.3, -0.25) is 0 Å². The first-order valence-electron chi connectivity index (χ1n) is 6.63. The molecule has 0 aromatic heterocycles. The maximum absolute atomic E-state index is 14.0. The lowest BCUT2D eigenvalue weighted by molar-refractivity contribution is 0.502. The normalized spacial score (nSPS) is 12.4. The van der Waals surface area contributed by atoms with Crippen LogP contribution in [0.4, 0.5) is 8.78 Å². The predicted molar refractivity (Wildman–Crippen MR) is 82.9 cm³/mol. The number of nitrogens with one attached hydrogen (secondary N) is 1. The van der Waals surface area contributed by atoms with Crippen molar-refractivity contribution in [1.29, 1.82) is 0 Å². The van der Waals surface area contributed by atoms with E-state index in [4.69, 9.17) is 23.2 Å². The zero-order valence-electron chi connectivity index (χ0n) is 11.5. The number of hydrogen-bond donors (Lipinski definition) is 1. The van der Waals surface area contributed by atoms with Crippen molar-refractivity contribution in [2.75, 3.05) is 6.54 Å². The molecule has 1 unspecified atom stereocenters. The van der Waals surface area contributed by atoms with Crippen molar-refractivity contribution in [2.45, 2.75) is 19.4 Å². The van der Waals surface area contributed by atoms with Gasteiger partial charge in [-0.2, -0.15) is 0 Å². The molecule has 1 N–H and O–H groups in total. The van der Waals surface area contributed by atoms with Crippen LogP contribution in [0.3, 0.4) is 0 Å².